The van der Waals surface area contributed by atoms with Crippen LogP contribution in [-0.4, -0.2) is 34.4 Å². The van der Waals surface area contributed by atoms with Gasteiger partial charge in [-0.1, -0.05) is 13.3 Å². The number of nitrogens with one attached hydrogen (secondary N) is 1. The third kappa shape index (κ3) is 3.64. The summed E-state index contributed by atoms with van der Waals surface area (Å²) in [4.78, 5) is 12.5. The molecule has 0 radical (unpaired) electrons. The van der Waals surface area contributed by atoms with E-state index in [0.29, 0.717) is 12.5 Å². The molecule has 1 aliphatic carbocycles. The van der Waals surface area contributed by atoms with Crippen LogP contribution < -0.4 is 5.32 Å². The molecule has 2 rings (SSSR count). The number of carbonyl (C=O) groups excluding carboxylic acids is 1. The van der Waals surface area contributed by atoms with Crippen LogP contribution in [0.15, 0.2) is 18.5 Å². The van der Waals surface area contributed by atoms with E-state index in [-0.39, 0.29) is 5.97 Å². The Kier molecular flexibility index (Phi) is 5.79. The number of ether oxygens (including phenoxy) is 1. The normalized spacial score (nSPS) is 25.1. The van der Waals surface area contributed by atoms with Gasteiger partial charge in [-0.05, 0) is 51.1 Å². The largest absolute Gasteiger partial charge is 0.465 e. The molecule has 0 spiro atoms. The van der Waals surface area contributed by atoms with Crippen LogP contribution in [0.3, 0.4) is 0 Å². The first-order chi connectivity index (χ1) is 10.2. The van der Waals surface area contributed by atoms with Gasteiger partial charge in [-0.15, -0.1) is 0 Å². The standard InChI is InChI=1S/C16H27N3O2/c1-3-10-17-16(15(20)21-4-2)9-5-7-14(16)8-13-19-12-6-11-18-19/h6,11-12,14,17H,3-5,7-10,13H2,1-2H3. The van der Waals surface area contributed by atoms with E-state index < -0.39 is 5.54 Å². The van der Waals surface area contributed by atoms with Crippen LogP contribution in [0.2, 0.25) is 0 Å². The van der Waals surface area contributed by atoms with Gasteiger partial charge >= 0.3 is 5.97 Å². The maximum atomic E-state index is 12.5. The Morgan fingerprint density at radius 3 is 3.05 bits per heavy atom. The predicted molar refractivity (Wildman–Crippen MR) is 81.8 cm³/mol. The van der Waals surface area contributed by atoms with Crippen molar-refractivity contribution in [1.82, 2.24) is 15.1 Å². The van der Waals surface area contributed by atoms with Crippen molar-refractivity contribution in [3.8, 4) is 0 Å². The summed E-state index contributed by atoms with van der Waals surface area (Å²) in [6.07, 6.45) is 8.79. The van der Waals surface area contributed by atoms with Gasteiger partial charge in [0.25, 0.3) is 0 Å². The van der Waals surface area contributed by atoms with E-state index >= 15 is 0 Å². The Morgan fingerprint density at radius 1 is 1.52 bits per heavy atom. The van der Waals surface area contributed by atoms with Gasteiger partial charge in [0.2, 0.25) is 0 Å². The van der Waals surface area contributed by atoms with Crippen LogP contribution in [0.4, 0.5) is 0 Å². The number of hydrogen-bond donors (Lipinski definition) is 1. The minimum atomic E-state index is -0.487. The lowest BCUT2D eigenvalue weighted by molar-refractivity contribution is -0.153. The molecule has 0 amide bonds. The van der Waals surface area contributed by atoms with Crippen molar-refractivity contribution < 1.29 is 9.53 Å². The summed E-state index contributed by atoms with van der Waals surface area (Å²) in [7, 11) is 0. The Labute approximate surface area is 127 Å². The topological polar surface area (TPSA) is 56.1 Å². The van der Waals surface area contributed by atoms with Gasteiger partial charge < -0.3 is 10.1 Å². The zero-order valence-corrected chi connectivity index (χ0v) is 13.2. The molecule has 1 aliphatic rings. The molecule has 1 N–H and O–H groups in total. The summed E-state index contributed by atoms with van der Waals surface area (Å²) >= 11 is 0. The average Bonchev–Trinajstić information content (AvgIpc) is 3.13. The van der Waals surface area contributed by atoms with Gasteiger partial charge in [-0.2, -0.15) is 5.10 Å². The van der Waals surface area contributed by atoms with Crippen molar-refractivity contribution in [2.24, 2.45) is 5.92 Å². The van der Waals surface area contributed by atoms with Gasteiger partial charge in [0.1, 0.15) is 5.54 Å². The third-order valence-corrected chi connectivity index (χ3v) is 4.42. The van der Waals surface area contributed by atoms with E-state index in [9.17, 15) is 4.79 Å². The van der Waals surface area contributed by atoms with Gasteiger partial charge in [0.05, 0.1) is 6.61 Å². The zero-order valence-electron chi connectivity index (χ0n) is 13.2. The Morgan fingerprint density at radius 2 is 2.38 bits per heavy atom. The summed E-state index contributed by atoms with van der Waals surface area (Å²) in [6, 6.07) is 1.93. The SMILES string of the molecule is CCCNC1(C(=O)OCC)CCCC1CCn1cccn1. The highest BCUT2D eigenvalue weighted by Crippen LogP contribution is 2.39. The first kappa shape index (κ1) is 16.0. The fourth-order valence-electron chi connectivity index (χ4n) is 3.37. The maximum Gasteiger partial charge on any atom is 0.326 e. The van der Waals surface area contributed by atoms with E-state index in [0.717, 1.165) is 45.2 Å². The molecular formula is C16H27N3O2. The van der Waals surface area contributed by atoms with E-state index in [2.05, 4.69) is 17.3 Å². The van der Waals surface area contributed by atoms with Crippen molar-refractivity contribution in [3.63, 3.8) is 0 Å². The number of rotatable bonds is 8. The molecular weight excluding hydrogens is 266 g/mol. The van der Waals surface area contributed by atoms with Crippen molar-refractivity contribution in [3.05, 3.63) is 18.5 Å². The van der Waals surface area contributed by atoms with Crippen molar-refractivity contribution in [2.45, 2.75) is 58.0 Å². The van der Waals surface area contributed by atoms with Crippen LogP contribution in [0.1, 0.15) is 46.0 Å². The molecule has 0 aliphatic heterocycles. The number of aromatic nitrogens is 2. The summed E-state index contributed by atoms with van der Waals surface area (Å²) < 4.78 is 7.31. The lowest BCUT2D eigenvalue weighted by Gasteiger charge is -2.34. The summed E-state index contributed by atoms with van der Waals surface area (Å²) in [5.41, 5.74) is -0.487. The smallest absolute Gasteiger partial charge is 0.326 e. The van der Waals surface area contributed by atoms with Crippen LogP contribution in [0.5, 0.6) is 0 Å². The van der Waals surface area contributed by atoms with Crippen molar-refractivity contribution in [1.29, 1.82) is 0 Å². The second-order valence-corrected chi connectivity index (χ2v) is 5.77. The minimum Gasteiger partial charge on any atom is -0.465 e. The second-order valence-electron chi connectivity index (χ2n) is 5.77. The monoisotopic (exact) mass is 293 g/mol. The van der Waals surface area contributed by atoms with E-state index in [1.165, 1.54) is 0 Å². The first-order valence-corrected chi connectivity index (χ1v) is 8.12. The van der Waals surface area contributed by atoms with Crippen LogP contribution in [-0.2, 0) is 16.1 Å². The van der Waals surface area contributed by atoms with Gasteiger partial charge in [-0.25, -0.2) is 0 Å². The number of carbonyl (C=O) groups is 1. The minimum absolute atomic E-state index is 0.0681. The Balaban J connectivity index is 2.06. The molecule has 118 valence electrons. The quantitative estimate of drug-likeness (QED) is 0.748. The first-order valence-electron chi connectivity index (χ1n) is 8.12. The molecule has 2 unspecified atom stereocenters. The third-order valence-electron chi connectivity index (χ3n) is 4.42. The molecule has 1 aromatic rings. The van der Waals surface area contributed by atoms with Crippen LogP contribution >= 0.6 is 0 Å². The molecule has 21 heavy (non-hydrogen) atoms. The molecule has 0 saturated heterocycles. The van der Waals surface area contributed by atoms with Crippen LogP contribution in [0, 0.1) is 5.92 Å². The maximum absolute atomic E-state index is 12.5. The molecule has 5 nitrogen and oxygen atoms in total. The molecule has 1 saturated carbocycles. The summed E-state index contributed by atoms with van der Waals surface area (Å²) in [5.74, 6) is 0.258. The lowest BCUT2D eigenvalue weighted by Crippen LogP contribution is -2.56. The summed E-state index contributed by atoms with van der Waals surface area (Å²) in [6.45, 7) is 6.16. The number of aryl methyl sites for hydroxylation is 1. The highest BCUT2D eigenvalue weighted by Gasteiger charge is 2.49. The lowest BCUT2D eigenvalue weighted by atomic mass is 9.84. The number of esters is 1. The molecule has 5 heteroatoms. The van der Waals surface area contributed by atoms with Gasteiger partial charge in [0.15, 0.2) is 0 Å². The molecule has 1 fully saturated rings. The number of nitrogens with zero attached hydrogens (tertiary/aromatic N) is 2. The highest BCUT2D eigenvalue weighted by atomic mass is 16.5. The summed E-state index contributed by atoms with van der Waals surface area (Å²) in [5, 5.41) is 7.75. The number of hydrogen-bond acceptors (Lipinski definition) is 4. The van der Waals surface area contributed by atoms with Gasteiger partial charge in [-0.3, -0.25) is 9.48 Å². The van der Waals surface area contributed by atoms with Crippen molar-refractivity contribution in [2.75, 3.05) is 13.2 Å². The Bertz CT molecular complexity index is 433. The predicted octanol–water partition coefficient (Wildman–Crippen LogP) is 2.37. The average molecular weight is 293 g/mol. The fourth-order valence-corrected chi connectivity index (χ4v) is 3.37. The van der Waals surface area contributed by atoms with Crippen molar-refractivity contribution >= 4 is 5.97 Å². The zero-order chi connectivity index (χ0) is 15.1. The molecule has 0 bridgehead atoms. The highest BCUT2D eigenvalue weighted by molar-refractivity contribution is 5.81. The molecule has 1 aromatic heterocycles. The van der Waals surface area contributed by atoms with E-state index in [1.807, 2.05) is 23.9 Å². The Hall–Kier alpha value is -1.36. The van der Waals surface area contributed by atoms with Crippen LogP contribution in [0.25, 0.3) is 0 Å². The molecule has 0 aromatic carbocycles. The molecule has 2 atom stereocenters. The molecule has 1 heterocycles. The van der Waals surface area contributed by atoms with E-state index in [4.69, 9.17) is 4.74 Å². The fraction of sp³-hybridized carbons (Fsp3) is 0.750. The second kappa shape index (κ2) is 7.59. The van der Waals surface area contributed by atoms with E-state index in [1.54, 1.807) is 6.20 Å². The van der Waals surface area contributed by atoms with Gasteiger partial charge in [0, 0.05) is 18.9 Å².